The van der Waals surface area contributed by atoms with Crippen molar-refractivity contribution in [2.45, 2.75) is 26.7 Å². The Hall–Kier alpha value is -3.23. The van der Waals surface area contributed by atoms with Crippen molar-refractivity contribution in [3.05, 3.63) is 71.4 Å². The number of anilines is 1. The van der Waals surface area contributed by atoms with Crippen LogP contribution in [0.2, 0.25) is 0 Å². The van der Waals surface area contributed by atoms with E-state index in [1.807, 2.05) is 0 Å². The van der Waals surface area contributed by atoms with Crippen LogP contribution < -0.4 is 10.1 Å². The average molecular weight is 447 g/mol. The maximum Gasteiger partial charge on any atom is 0.228 e. The van der Waals surface area contributed by atoms with Gasteiger partial charge in [0.25, 0.3) is 0 Å². The van der Waals surface area contributed by atoms with E-state index < -0.39 is 46.4 Å². The average Bonchev–Trinajstić information content (AvgIpc) is 3.46. The van der Waals surface area contributed by atoms with Gasteiger partial charge in [-0.2, -0.15) is 0 Å². The number of nitrogens with one attached hydrogen (secondary N) is 1. The van der Waals surface area contributed by atoms with Crippen molar-refractivity contribution in [3.63, 3.8) is 0 Å². The lowest BCUT2D eigenvalue weighted by atomic mass is 9.82. The van der Waals surface area contributed by atoms with Crippen LogP contribution in [0.25, 0.3) is 0 Å². The summed E-state index contributed by atoms with van der Waals surface area (Å²) in [6, 6.07) is 3.03. The lowest BCUT2D eigenvalue weighted by molar-refractivity contribution is -0.118. The minimum Gasteiger partial charge on any atom is -0.489 e. The van der Waals surface area contributed by atoms with Crippen LogP contribution in [0, 0.1) is 42.7 Å². The molecule has 32 heavy (non-hydrogen) atoms. The Kier molecular flexibility index (Phi) is 5.75. The fraction of sp³-hybridized carbons (Fsp3) is 0.348. The zero-order valence-corrected chi connectivity index (χ0v) is 17.5. The molecule has 3 atom stereocenters. The van der Waals surface area contributed by atoms with Crippen molar-refractivity contribution in [3.8, 4) is 5.75 Å². The van der Waals surface area contributed by atoms with Gasteiger partial charge in [-0.25, -0.2) is 27.5 Å². The summed E-state index contributed by atoms with van der Waals surface area (Å²) >= 11 is 0. The Morgan fingerprint density at radius 3 is 2.69 bits per heavy atom. The molecule has 1 fully saturated rings. The largest absolute Gasteiger partial charge is 0.489 e. The highest BCUT2D eigenvalue weighted by molar-refractivity contribution is 5.95. The second-order valence-corrected chi connectivity index (χ2v) is 8.22. The number of nitrogens with zero attached hydrogens (tertiary/aromatic N) is 2. The quantitative estimate of drug-likeness (QED) is 0.625. The summed E-state index contributed by atoms with van der Waals surface area (Å²) in [6.45, 7) is 3.50. The van der Waals surface area contributed by atoms with Gasteiger partial charge in [0.05, 0.1) is 18.5 Å². The third kappa shape index (κ3) is 4.37. The number of carbonyl (C=O) groups excluding carboxylic acids is 1. The number of aromatic nitrogens is 2. The van der Waals surface area contributed by atoms with Gasteiger partial charge in [0, 0.05) is 35.6 Å². The molecular formula is C23H21F4N3O2. The third-order valence-corrected chi connectivity index (χ3v) is 5.98. The van der Waals surface area contributed by atoms with Gasteiger partial charge < -0.3 is 10.1 Å². The second kappa shape index (κ2) is 8.37. The lowest BCUT2D eigenvalue weighted by Gasteiger charge is -2.27. The summed E-state index contributed by atoms with van der Waals surface area (Å²) in [4.78, 5) is 21.2. The van der Waals surface area contributed by atoms with Gasteiger partial charge in [0.15, 0.2) is 17.4 Å². The van der Waals surface area contributed by atoms with E-state index in [9.17, 15) is 22.4 Å². The number of hydrogen-bond donors (Lipinski definition) is 1. The van der Waals surface area contributed by atoms with E-state index in [2.05, 4.69) is 15.3 Å². The minimum absolute atomic E-state index is 0.0118. The normalized spacial score (nSPS) is 24.4. The van der Waals surface area contributed by atoms with Crippen LogP contribution in [0.1, 0.15) is 24.4 Å². The van der Waals surface area contributed by atoms with Gasteiger partial charge in [0.2, 0.25) is 5.91 Å². The van der Waals surface area contributed by atoms with E-state index in [-0.39, 0.29) is 18.7 Å². The summed E-state index contributed by atoms with van der Waals surface area (Å²) in [6.07, 6.45) is 3.89. The molecule has 0 radical (unpaired) electrons. The molecule has 1 unspecified atom stereocenters. The first-order valence-electron chi connectivity index (χ1n) is 10.1. The van der Waals surface area contributed by atoms with E-state index in [0.29, 0.717) is 23.7 Å². The molecule has 0 saturated heterocycles. The lowest BCUT2D eigenvalue weighted by Crippen LogP contribution is -2.30. The van der Waals surface area contributed by atoms with Gasteiger partial charge in [-0.05, 0) is 44.4 Å². The van der Waals surface area contributed by atoms with Crippen LogP contribution in [-0.4, -0.2) is 22.5 Å². The molecule has 0 spiro atoms. The Morgan fingerprint density at radius 1 is 1.22 bits per heavy atom. The number of ether oxygens (including phenoxy) is 1. The molecule has 1 N–H and O–H groups in total. The number of aryl methyl sites for hydroxylation is 2. The van der Waals surface area contributed by atoms with Crippen molar-refractivity contribution >= 4 is 11.6 Å². The number of carbonyl (C=O) groups is 1. The molecule has 0 aliphatic heterocycles. The fourth-order valence-electron chi connectivity index (χ4n) is 4.17. The minimum atomic E-state index is -1.09. The monoisotopic (exact) mass is 447 g/mol. The standard InChI is InChI=1S/C23H21F4N3O2/c1-12-21(10-28-13(2)29-12)32-11-23(14-5-15(24)7-16(25)6-14)9-18(23)22(31)30-17-3-4-19(26)20(27)8-17/h3-5,7-8,10,14,18H,6,9,11H2,1-2H3,(H,30,31)/t14?,18-,23+/m0/s1. The molecule has 2 aliphatic rings. The zero-order chi connectivity index (χ0) is 23.0. The molecule has 1 aromatic heterocycles. The van der Waals surface area contributed by atoms with Gasteiger partial charge >= 0.3 is 0 Å². The molecule has 1 amide bonds. The fourth-order valence-corrected chi connectivity index (χ4v) is 4.17. The Labute approximate surface area is 182 Å². The molecule has 2 aliphatic carbocycles. The first-order valence-corrected chi connectivity index (χ1v) is 10.1. The van der Waals surface area contributed by atoms with Crippen LogP contribution in [0.3, 0.4) is 0 Å². The van der Waals surface area contributed by atoms with Crippen LogP contribution in [0.5, 0.6) is 5.75 Å². The highest BCUT2D eigenvalue weighted by atomic mass is 19.2. The number of rotatable bonds is 6. The Balaban J connectivity index is 1.55. The first kappa shape index (κ1) is 22.0. The van der Waals surface area contributed by atoms with Crippen LogP contribution in [0.15, 0.2) is 48.2 Å². The van der Waals surface area contributed by atoms with Gasteiger partial charge in [0.1, 0.15) is 17.5 Å². The van der Waals surface area contributed by atoms with E-state index in [4.69, 9.17) is 4.74 Å². The number of allylic oxidation sites excluding steroid dienone is 4. The van der Waals surface area contributed by atoms with Crippen molar-refractivity contribution in [2.75, 3.05) is 11.9 Å². The molecule has 9 heteroatoms. The number of hydrogen-bond acceptors (Lipinski definition) is 4. The molecular weight excluding hydrogens is 426 g/mol. The highest BCUT2D eigenvalue weighted by Gasteiger charge is 2.63. The topological polar surface area (TPSA) is 64.1 Å². The van der Waals surface area contributed by atoms with Crippen LogP contribution in [0.4, 0.5) is 23.2 Å². The molecule has 0 bridgehead atoms. The molecule has 168 valence electrons. The zero-order valence-electron chi connectivity index (χ0n) is 17.5. The predicted molar refractivity (Wildman–Crippen MR) is 109 cm³/mol. The summed E-state index contributed by atoms with van der Waals surface area (Å²) < 4.78 is 60.6. The molecule has 1 heterocycles. The molecule has 1 saturated carbocycles. The van der Waals surface area contributed by atoms with E-state index in [1.165, 1.54) is 18.3 Å². The number of amides is 1. The molecule has 5 nitrogen and oxygen atoms in total. The highest BCUT2D eigenvalue weighted by Crippen LogP contribution is 2.61. The second-order valence-electron chi connectivity index (χ2n) is 8.22. The molecule has 4 rings (SSSR count). The molecule has 2 aromatic rings. The van der Waals surface area contributed by atoms with Gasteiger partial charge in [-0.3, -0.25) is 4.79 Å². The number of halogens is 4. The number of benzene rings is 1. The maximum absolute atomic E-state index is 14.0. The van der Waals surface area contributed by atoms with Crippen molar-refractivity contribution in [1.82, 2.24) is 9.97 Å². The Bertz CT molecular complexity index is 1130. The predicted octanol–water partition coefficient (Wildman–Crippen LogP) is 5.12. The first-order chi connectivity index (χ1) is 15.2. The van der Waals surface area contributed by atoms with Gasteiger partial charge in [-0.1, -0.05) is 0 Å². The van der Waals surface area contributed by atoms with Crippen LogP contribution >= 0.6 is 0 Å². The summed E-state index contributed by atoms with van der Waals surface area (Å²) in [7, 11) is 0. The van der Waals surface area contributed by atoms with Crippen LogP contribution in [-0.2, 0) is 4.79 Å². The third-order valence-electron chi connectivity index (χ3n) is 5.98. The maximum atomic E-state index is 14.0. The van der Waals surface area contributed by atoms with E-state index >= 15 is 0 Å². The van der Waals surface area contributed by atoms with Crippen molar-refractivity contribution in [2.24, 2.45) is 17.3 Å². The summed E-state index contributed by atoms with van der Waals surface area (Å²) in [5.74, 6) is -4.16. The van der Waals surface area contributed by atoms with E-state index in [0.717, 1.165) is 18.2 Å². The summed E-state index contributed by atoms with van der Waals surface area (Å²) in [5, 5.41) is 2.56. The Morgan fingerprint density at radius 2 is 2.00 bits per heavy atom. The summed E-state index contributed by atoms with van der Waals surface area (Å²) in [5.41, 5.74) is -0.175. The van der Waals surface area contributed by atoms with Crippen molar-refractivity contribution in [1.29, 1.82) is 0 Å². The smallest absolute Gasteiger partial charge is 0.228 e. The van der Waals surface area contributed by atoms with Gasteiger partial charge in [-0.15, -0.1) is 0 Å². The molecule has 1 aromatic carbocycles. The van der Waals surface area contributed by atoms with E-state index in [1.54, 1.807) is 13.8 Å². The SMILES string of the molecule is Cc1ncc(OC[C@@]2(C3C=C(F)C=C(F)C3)C[C@H]2C(=O)Nc2ccc(F)c(F)c2)c(C)n1. The van der Waals surface area contributed by atoms with Crippen molar-refractivity contribution < 1.29 is 27.1 Å².